The number of hydrogen-bond acceptors (Lipinski definition) is 3. The van der Waals surface area contributed by atoms with E-state index in [2.05, 4.69) is 36.0 Å². The molecule has 0 aromatic carbocycles. The van der Waals surface area contributed by atoms with E-state index in [4.69, 9.17) is 0 Å². The van der Waals surface area contributed by atoms with E-state index in [1.165, 1.54) is 0 Å². The third-order valence-electron chi connectivity index (χ3n) is 1.57. The molecule has 0 aliphatic heterocycles. The fraction of sp³-hybridized carbons (Fsp3) is 0.333. The second-order valence-electron chi connectivity index (χ2n) is 2.89. The Hall–Kier alpha value is -0.830. The molecule has 0 saturated heterocycles. The minimum Gasteiger partial charge on any atom is -0.252 e. The Kier molecular flexibility index (Phi) is 3.29. The van der Waals surface area contributed by atoms with Crippen LogP contribution in [0.2, 0.25) is 0 Å². The Bertz CT molecular complexity index is 282. The number of hydrogen-bond donors (Lipinski definition) is 1. The van der Waals surface area contributed by atoms with Crippen LogP contribution >= 0.6 is 12.8 Å². The van der Waals surface area contributed by atoms with Gasteiger partial charge in [-0.1, -0.05) is 19.9 Å². The zero-order valence-corrected chi connectivity index (χ0v) is 8.12. The lowest BCUT2D eigenvalue weighted by Crippen LogP contribution is -1.95. The highest BCUT2D eigenvalue weighted by Crippen LogP contribution is 2.10. The van der Waals surface area contributed by atoms with Gasteiger partial charge in [0.05, 0.1) is 11.9 Å². The van der Waals surface area contributed by atoms with E-state index < -0.39 is 0 Å². The molecule has 0 N–H and O–H groups in total. The molecule has 0 radical (unpaired) electrons. The minimum atomic E-state index is 0.457. The predicted molar refractivity (Wildman–Crippen MR) is 54.9 cm³/mol. The van der Waals surface area contributed by atoms with Crippen LogP contribution in [0.25, 0.3) is 0 Å². The highest BCUT2D eigenvalue weighted by Gasteiger charge is 1.99. The molecule has 0 aliphatic carbocycles. The minimum absolute atomic E-state index is 0.457. The van der Waals surface area contributed by atoms with Crippen LogP contribution in [-0.2, 0) is 0 Å². The second-order valence-corrected chi connectivity index (χ2v) is 3.12. The number of pyridine rings is 1. The third kappa shape index (κ3) is 2.34. The van der Waals surface area contributed by atoms with Gasteiger partial charge in [0, 0.05) is 5.69 Å². The van der Waals surface area contributed by atoms with Crippen molar-refractivity contribution >= 4 is 19.0 Å². The molecule has 64 valence electrons. The molecule has 1 heterocycles. The van der Waals surface area contributed by atoms with Crippen LogP contribution in [-0.4, -0.2) is 11.2 Å². The number of thiol groups is 1. The van der Waals surface area contributed by atoms with Gasteiger partial charge in [0.25, 0.3) is 0 Å². The third-order valence-corrected chi connectivity index (χ3v) is 1.69. The zero-order chi connectivity index (χ0) is 8.97. The van der Waals surface area contributed by atoms with E-state index in [-0.39, 0.29) is 0 Å². The fourth-order valence-electron chi connectivity index (χ4n) is 0.922. The summed E-state index contributed by atoms with van der Waals surface area (Å²) in [6, 6.07) is 5.90. The van der Waals surface area contributed by atoms with E-state index in [1.54, 1.807) is 6.21 Å². The maximum atomic E-state index is 4.36. The monoisotopic (exact) mass is 180 g/mol. The molecule has 1 aromatic heterocycles. The lowest BCUT2D eigenvalue weighted by molar-refractivity contribution is 0.821. The maximum Gasteiger partial charge on any atom is 0.0822 e. The van der Waals surface area contributed by atoms with Gasteiger partial charge in [-0.05, 0) is 30.9 Å². The summed E-state index contributed by atoms with van der Waals surface area (Å²) in [6.07, 6.45) is 1.63. The van der Waals surface area contributed by atoms with Crippen molar-refractivity contribution in [1.82, 2.24) is 4.98 Å². The molecule has 3 heteroatoms. The zero-order valence-electron chi connectivity index (χ0n) is 7.23. The summed E-state index contributed by atoms with van der Waals surface area (Å²) in [5.41, 5.74) is 1.94. The van der Waals surface area contributed by atoms with E-state index in [0.29, 0.717) is 5.92 Å². The molecule has 1 rings (SSSR count). The molecule has 0 unspecified atom stereocenters. The largest absolute Gasteiger partial charge is 0.252 e. The first-order chi connectivity index (χ1) is 5.74. The molecule has 0 atom stereocenters. The van der Waals surface area contributed by atoms with Crippen LogP contribution in [0.5, 0.6) is 0 Å². The predicted octanol–water partition coefficient (Wildman–Crippen LogP) is 2.47. The lowest BCUT2D eigenvalue weighted by Gasteiger charge is -2.03. The molecule has 0 fully saturated rings. The SMILES string of the molecule is CC(C)c1cccc(C=NS)n1. The van der Waals surface area contributed by atoms with Gasteiger partial charge < -0.3 is 0 Å². The first-order valence-electron chi connectivity index (χ1n) is 3.88. The Morgan fingerprint density at radius 3 is 2.83 bits per heavy atom. The van der Waals surface area contributed by atoms with Crippen molar-refractivity contribution in [1.29, 1.82) is 0 Å². The van der Waals surface area contributed by atoms with Gasteiger partial charge >= 0.3 is 0 Å². The number of aromatic nitrogens is 1. The molecular weight excluding hydrogens is 168 g/mol. The van der Waals surface area contributed by atoms with Crippen LogP contribution in [0.1, 0.15) is 31.2 Å². The molecule has 0 spiro atoms. The van der Waals surface area contributed by atoms with Crippen LogP contribution in [0, 0.1) is 0 Å². The van der Waals surface area contributed by atoms with E-state index in [0.717, 1.165) is 11.4 Å². The molecule has 0 amide bonds. The molecular formula is C9H12N2S. The molecule has 1 aromatic rings. The van der Waals surface area contributed by atoms with Gasteiger partial charge in [0.2, 0.25) is 0 Å². The van der Waals surface area contributed by atoms with Crippen molar-refractivity contribution in [2.75, 3.05) is 0 Å². The summed E-state index contributed by atoms with van der Waals surface area (Å²) >= 11 is 3.75. The van der Waals surface area contributed by atoms with Crippen LogP contribution in [0.4, 0.5) is 0 Å². The van der Waals surface area contributed by atoms with Gasteiger partial charge in [-0.15, -0.1) is 0 Å². The molecule has 0 aliphatic rings. The van der Waals surface area contributed by atoms with Gasteiger partial charge in [-0.2, -0.15) is 0 Å². The van der Waals surface area contributed by atoms with Crippen molar-refractivity contribution in [2.24, 2.45) is 4.40 Å². The van der Waals surface area contributed by atoms with Gasteiger partial charge in [0.15, 0.2) is 0 Å². The van der Waals surface area contributed by atoms with Crippen LogP contribution in [0.15, 0.2) is 22.6 Å². The Morgan fingerprint density at radius 1 is 1.50 bits per heavy atom. The smallest absolute Gasteiger partial charge is 0.0822 e. The highest BCUT2D eigenvalue weighted by molar-refractivity contribution is 7.78. The van der Waals surface area contributed by atoms with Gasteiger partial charge in [-0.25, -0.2) is 4.40 Å². The van der Waals surface area contributed by atoms with Crippen molar-refractivity contribution in [2.45, 2.75) is 19.8 Å². The molecule has 12 heavy (non-hydrogen) atoms. The van der Waals surface area contributed by atoms with Crippen molar-refractivity contribution in [3.63, 3.8) is 0 Å². The van der Waals surface area contributed by atoms with E-state index >= 15 is 0 Å². The van der Waals surface area contributed by atoms with Crippen LogP contribution in [0.3, 0.4) is 0 Å². The highest BCUT2D eigenvalue weighted by atomic mass is 32.1. The summed E-state index contributed by atoms with van der Waals surface area (Å²) in [5, 5.41) is 0. The number of rotatable bonds is 2. The summed E-state index contributed by atoms with van der Waals surface area (Å²) in [6.45, 7) is 4.23. The fourth-order valence-corrected chi connectivity index (χ4v) is 1.04. The summed E-state index contributed by atoms with van der Waals surface area (Å²) in [4.78, 5) is 4.36. The summed E-state index contributed by atoms with van der Waals surface area (Å²) in [5.74, 6) is 0.457. The topological polar surface area (TPSA) is 25.2 Å². The Balaban J connectivity index is 2.95. The Morgan fingerprint density at radius 2 is 2.25 bits per heavy atom. The van der Waals surface area contributed by atoms with Gasteiger partial charge in [-0.3, -0.25) is 4.98 Å². The van der Waals surface area contributed by atoms with Crippen molar-refractivity contribution < 1.29 is 0 Å². The summed E-state index contributed by atoms with van der Waals surface area (Å²) < 4.78 is 3.61. The maximum absolute atomic E-state index is 4.36. The lowest BCUT2D eigenvalue weighted by atomic mass is 10.1. The average Bonchev–Trinajstić information content (AvgIpc) is 2.05. The first-order valence-corrected chi connectivity index (χ1v) is 4.28. The van der Waals surface area contributed by atoms with Gasteiger partial charge in [0.1, 0.15) is 0 Å². The van der Waals surface area contributed by atoms with Crippen LogP contribution < -0.4 is 0 Å². The molecule has 0 saturated carbocycles. The standard InChI is InChI=1S/C9H12N2S/c1-7(2)9-5-3-4-8(11-9)6-10-12/h3-7,12H,1-2H3. The van der Waals surface area contributed by atoms with E-state index in [9.17, 15) is 0 Å². The van der Waals surface area contributed by atoms with Crippen molar-refractivity contribution in [3.8, 4) is 0 Å². The molecule has 0 bridgehead atoms. The second kappa shape index (κ2) is 4.26. The number of nitrogens with zero attached hydrogens (tertiary/aromatic N) is 2. The average molecular weight is 180 g/mol. The molecule has 2 nitrogen and oxygen atoms in total. The van der Waals surface area contributed by atoms with Crippen molar-refractivity contribution in [3.05, 3.63) is 29.6 Å². The quantitative estimate of drug-likeness (QED) is 0.549. The first kappa shape index (κ1) is 9.26. The summed E-state index contributed by atoms with van der Waals surface area (Å²) in [7, 11) is 0. The normalized spacial score (nSPS) is 11.3. The van der Waals surface area contributed by atoms with E-state index in [1.807, 2.05) is 18.2 Å². The Labute approximate surface area is 78.3 Å².